The molecule has 0 aliphatic heterocycles. The zero-order valence-corrected chi connectivity index (χ0v) is 8.72. The molecule has 0 aromatic rings. The van der Waals surface area contributed by atoms with Crippen molar-refractivity contribution in [3.05, 3.63) is 49.3 Å². The predicted molar refractivity (Wildman–Crippen MR) is 58.2 cm³/mol. The second-order valence-electron chi connectivity index (χ2n) is 3.01. The Balaban J connectivity index is 2.46. The van der Waals surface area contributed by atoms with E-state index in [1.165, 1.54) is 0 Å². The first kappa shape index (κ1) is 12.0. The first-order valence-electron chi connectivity index (χ1n) is 4.71. The maximum atomic E-state index is 10.9. The van der Waals surface area contributed by atoms with E-state index < -0.39 is 11.9 Å². The van der Waals surface area contributed by atoms with E-state index in [0.29, 0.717) is 12.2 Å². The van der Waals surface area contributed by atoms with Gasteiger partial charge >= 0.3 is 11.9 Å². The topological polar surface area (TPSA) is 52.6 Å². The van der Waals surface area contributed by atoms with Crippen molar-refractivity contribution < 1.29 is 19.1 Å². The number of carbonyl (C=O) groups excluding carboxylic acids is 2. The van der Waals surface area contributed by atoms with Crippen molar-refractivity contribution in [2.45, 2.75) is 12.5 Å². The molecule has 0 fully saturated rings. The van der Waals surface area contributed by atoms with E-state index in [1.54, 1.807) is 18.2 Å². The lowest BCUT2D eigenvalue weighted by Gasteiger charge is -2.15. The maximum absolute atomic E-state index is 10.9. The summed E-state index contributed by atoms with van der Waals surface area (Å²) in [5.74, 6) is -0.567. The van der Waals surface area contributed by atoms with Crippen molar-refractivity contribution in [3.63, 3.8) is 0 Å². The zero-order valence-electron chi connectivity index (χ0n) is 8.72. The maximum Gasteiger partial charge on any atom is 0.335 e. The van der Waals surface area contributed by atoms with Crippen LogP contribution in [0.3, 0.4) is 0 Å². The summed E-state index contributed by atoms with van der Waals surface area (Å²) in [6, 6.07) is 0. The van der Waals surface area contributed by atoms with Gasteiger partial charge in [-0.3, -0.25) is 0 Å². The molecule has 0 bridgehead atoms. The Labute approximate surface area is 93.5 Å². The van der Waals surface area contributed by atoms with Crippen LogP contribution in [-0.4, -0.2) is 18.0 Å². The second kappa shape index (κ2) is 5.70. The average molecular weight is 220 g/mol. The highest BCUT2D eigenvalue weighted by Crippen LogP contribution is 2.14. The molecule has 1 rings (SSSR count). The van der Waals surface area contributed by atoms with E-state index >= 15 is 0 Å². The number of hydrogen-bond acceptors (Lipinski definition) is 4. The molecule has 0 saturated heterocycles. The minimum atomic E-state index is -0.516. The summed E-state index contributed by atoms with van der Waals surface area (Å²) in [5.41, 5.74) is 0. The Morgan fingerprint density at radius 2 is 2.00 bits per heavy atom. The van der Waals surface area contributed by atoms with Gasteiger partial charge in [0.2, 0.25) is 0 Å². The molecular formula is C12H12O4. The molecule has 0 N–H and O–H groups in total. The van der Waals surface area contributed by atoms with E-state index in [0.717, 1.165) is 12.2 Å². The molecule has 0 aromatic carbocycles. The van der Waals surface area contributed by atoms with Gasteiger partial charge in [0.1, 0.15) is 11.9 Å². The summed E-state index contributed by atoms with van der Waals surface area (Å²) in [4.78, 5) is 21.8. The molecule has 84 valence electrons. The molecule has 0 aromatic heterocycles. The highest BCUT2D eigenvalue weighted by Gasteiger charge is 2.13. The molecule has 1 atom stereocenters. The number of ether oxygens (including phenoxy) is 2. The van der Waals surface area contributed by atoms with E-state index in [1.807, 2.05) is 0 Å². The quantitative estimate of drug-likeness (QED) is 0.534. The summed E-state index contributed by atoms with van der Waals surface area (Å²) < 4.78 is 9.85. The molecule has 4 heteroatoms. The standard InChI is InChI=1S/C12H12O4/c1-3-11(13)15-9-5-7-10(8-6-9)16-12(14)4-2/h3-7,10H,1-2,8H2. The van der Waals surface area contributed by atoms with Gasteiger partial charge in [0.15, 0.2) is 0 Å². The molecule has 0 heterocycles. The van der Waals surface area contributed by atoms with Gasteiger partial charge in [-0.2, -0.15) is 0 Å². The van der Waals surface area contributed by atoms with Gasteiger partial charge in [0.05, 0.1) is 0 Å². The largest absolute Gasteiger partial charge is 0.455 e. The molecule has 0 saturated carbocycles. The smallest absolute Gasteiger partial charge is 0.335 e. The lowest BCUT2D eigenvalue weighted by atomic mass is 10.1. The fourth-order valence-corrected chi connectivity index (χ4v) is 1.10. The van der Waals surface area contributed by atoms with Crippen LogP contribution in [0.2, 0.25) is 0 Å². The third kappa shape index (κ3) is 3.57. The lowest BCUT2D eigenvalue weighted by Crippen LogP contribution is -2.16. The van der Waals surface area contributed by atoms with Crippen molar-refractivity contribution in [2.24, 2.45) is 0 Å². The molecule has 1 unspecified atom stereocenters. The highest BCUT2D eigenvalue weighted by atomic mass is 16.5. The SMILES string of the molecule is C=CC(=O)OC1=CCC(OC(=O)C=C)C=C1. The van der Waals surface area contributed by atoms with E-state index in [2.05, 4.69) is 13.2 Å². The predicted octanol–water partition coefficient (Wildman–Crippen LogP) is 1.66. The fraction of sp³-hybridized carbons (Fsp3) is 0.167. The van der Waals surface area contributed by atoms with Crippen LogP contribution in [0.1, 0.15) is 6.42 Å². The Morgan fingerprint density at radius 3 is 2.50 bits per heavy atom. The number of allylic oxidation sites excluding steroid dienone is 1. The normalized spacial score (nSPS) is 18.2. The number of rotatable bonds is 4. The van der Waals surface area contributed by atoms with Gasteiger partial charge in [0.25, 0.3) is 0 Å². The van der Waals surface area contributed by atoms with Gasteiger partial charge in [-0.1, -0.05) is 13.2 Å². The van der Waals surface area contributed by atoms with Crippen molar-refractivity contribution in [1.29, 1.82) is 0 Å². The summed E-state index contributed by atoms with van der Waals surface area (Å²) >= 11 is 0. The van der Waals surface area contributed by atoms with Gasteiger partial charge < -0.3 is 9.47 Å². The van der Waals surface area contributed by atoms with Crippen molar-refractivity contribution in [3.8, 4) is 0 Å². The van der Waals surface area contributed by atoms with Gasteiger partial charge in [-0.05, 0) is 18.2 Å². The minimum Gasteiger partial charge on any atom is -0.455 e. The summed E-state index contributed by atoms with van der Waals surface area (Å²) in [6.07, 6.45) is 7.21. The number of hydrogen-bond donors (Lipinski definition) is 0. The van der Waals surface area contributed by atoms with Gasteiger partial charge in [-0.25, -0.2) is 9.59 Å². The summed E-state index contributed by atoms with van der Waals surface area (Å²) in [7, 11) is 0. The Hall–Kier alpha value is -2.10. The van der Waals surface area contributed by atoms with Gasteiger partial charge in [0, 0.05) is 18.6 Å². The molecule has 4 nitrogen and oxygen atoms in total. The average Bonchev–Trinajstić information content (AvgIpc) is 2.31. The fourth-order valence-electron chi connectivity index (χ4n) is 1.10. The second-order valence-corrected chi connectivity index (χ2v) is 3.01. The number of carbonyl (C=O) groups is 2. The number of esters is 2. The molecule has 0 spiro atoms. The van der Waals surface area contributed by atoms with Crippen LogP contribution in [0.25, 0.3) is 0 Å². The summed E-state index contributed by atoms with van der Waals surface area (Å²) in [5, 5.41) is 0. The van der Waals surface area contributed by atoms with Crippen molar-refractivity contribution >= 4 is 11.9 Å². The third-order valence-corrected chi connectivity index (χ3v) is 1.85. The Morgan fingerprint density at radius 1 is 1.31 bits per heavy atom. The van der Waals surface area contributed by atoms with Crippen LogP contribution in [0.15, 0.2) is 49.3 Å². The van der Waals surface area contributed by atoms with Crippen molar-refractivity contribution in [2.75, 3.05) is 0 Å². The third-order valence-electron chi connectivity index (χ3n) is 1.85. The monoisotopic (exact) mass is 220 g/mol. The van der Waals surface area contributed by atoms with Crippen LogP contribution in [-0.2, 0) is 19.1 Å². The van der Waals surface area contributed by atoms with Crippen LogP contribution in [0.5, 0.6) is 0 Å². The van der Waals surface area contributed by atoms with Crippen LogP contribution >= 0.6 is 0 Å². The Bertz CT molecular complexity index is 376. The van der Waals surface area contributed by atoms with Crippen LogP contribution < -0.4 is 0 Å². The molecule has 1 aliphatic rings. The van der Waals surface area contributed by atoms with E-state index in [9.17, 15) is 9.59 Å². The van der Waals surface area contributed by atoms with Crippen molar-refractivity contribution in [1.82, 2.24) is 0 Å². The minimum absolute atomic E-state index is 0.336. The molecule has 1 aliphatic carbocycles. The van der Waals surface area contributed by atoms with E-state index in [4.69, 9.17) is 9.47 Å². The summed E-state index contributed by atoms with van der Waals surface area (Å²) in [6.45, 7) is 6.58. The first-order chi connectivity index (χ1) is 7.65. The zero-order chi connectivity index (χ0) is 12.0. The molecule has 0 radical (unpaired) electrons. The van der Waals surface area contributed by atoms with Crippen LogP contribution in [0.4, 0.5) is 0 Å². The van der Waals surface area contributed by atoms with E-state index in [-0.39, 0.29) is 6.10 Å². The molecule has 0 amide bonds. The highest BCUT2D eigenvalue weighted by molar-refractivity contribution is 5.82. The molecule has 16 heavy (non-hydrogen) atoms. The van der Waals surface area contributed by atoms with Gasteiger partial charge in [-0.15, -0.1) is 0 Å². The molecular weight excluding hydrogens is 208 g/mol. The van der Waals surface area contributed by atoms with Crippen LogP contribution in [0, 0.1) is 0 Å². The first-order valence-corrected chi connectivity index (χ1v) is 4.71. The Kier molecular flexibility index (Phi) is 4.27. The lowest BCUT2D eigenvalue weighted by molar-refractivity contribution is -0.141.